The number of ether oxygens (including phenoxy) is 1. The first-order valence-electron chi connectivity index (χ1n) is 9.39. The summed E-state index contributed by atoms with van der Waals surface area (Å²) >= 11 is 5.32. The summed E-state index contributed by atoms with van der Waals surface area (Å²) in [6.45, 7) is 0.689. The monoisotopic (exact) mass is 423 g/mol. The molecule has 0 saturated heterocycles. The molecular weight excluding hydrogens is 401 g/mol. The van der Waals surface area contributed by atoms with Crippen molar-refractivity contribution in [2.45, 2.75) is 6.42 Å². The summed E-state index contributed by atoms with van der Waals surface area (Å²) in [6, 6.07) is 20.8. The lowest BCUT2D eigenvalue weighted by molar-refractivity contribution is 0.102. The van der Waals surface area contributed by atoms with Gasteiger partial charge in [0.2, 0.25) is 0 Å². The first kappa shape index (κ1) is 21.3. The summed E-state index contributed by atoms with van der Waals surface area (Å²) in [7, 11) is 1.64. The lowest BCUT2D eigenvalue weighted by atomic mass is 10.1. The lowest BCUT2D eigenvalue weighted by Gasteiger charge is -2.12. The van der Waals surface area contributed by atoms with Crippen LogP contribution in [0.15, 0.2) is 72.8 Å². The van der Waals surface area contributed by atoms with Crippen LogP contribution in [0.2, 0.25) is 0 Å². The van der Waals surface area contributed by atoms with Crippen LogP contribution < -0.4 is 20.7 Å². The van der Waals surface area contributed by atoms with Crippen molar-refractivity contribution in [3.63, 3.8) is 0 Å². The predicted octanol–water partition coefficient (Wildman–Crippen LogP) is 4.62. The Morgan fingerprint density at radius 3 is 2.20 bits per heavy atom. The van der Waals surface area contributed by atoms with Gasteiger partial charge in [0.05, 0.1) is 12.7 Å². The standard InChI is InChI=1S/C23H22FN3O2S/c1-29-19-12-6-16(7-13-19)14-15-25-23(30)27-18-10-8-17(9-11-18)26-22(28)20-4-2-3-5-21(20)24/h2-13H,14-15H2,1H3,(H,26,28)(H2,25,27,30). The molecule has 1 amide bonds. The van der Waals surface area contributed by atoms with Crippen LogP contribution in [0.3, 0.4) is 0 Å². The lowest BCUT2D eigenvalue weighted by Crippen LogP contribution is -2.30. The number of halogens is 1. The number of amides is 1. The molecule has 0 unspecified atom stereocenters. The van der Waals surface area contributed by atoms with Crippen LogP contribution in [-0.2, 0) is 6.42 Å². The van der Waals surface area contributed by atoms with Crippen LogP contribution in [0.1, 0.15) is 15.9 Å². The molecule has 0 radical (unpaired) electrons. The van der Waals surface area contributed by atoms with Gasteiger partial charge in [0.25, 0.3) is 5.91 Å². The SMILES string of the molecule is COc1ccc(CCNC(=S)Nc2ccc(NC(=O)c3ccccc3F)cc2)cc1. The molecule has 3 rings (SSSR count). The van der Waals surface area contributed by atoms with E-state index in [2.05, 4.69) is 16.0 Å². The normalized spacial score (nSPS) is 10.2. The number of rotatable bonds is 7. The molecule has 3 N–H and O–H groups in total. The van der Waals surface area contributed by atoms with Gasteiger partial charge >= 0.3 is 0 Å². The summed E-state index contributed by atoms with van der Waals surface area (Å²) < 4.78 is 18.8. The number of thiocarbonyl (C=S) groups is 1. The molecule has 0 aliphatic rings. The fourth-order valence-electron chi connectivity index (χ4n) is 2.77. The maximum Gasteiger partial charge on any atom is 0.258 e. The number of anilines is 2. The Morgan fingerprint density at radius 1 is 0.933 bits per heavy atom. The highest BCUT2D eigenvalue weighted by molar-refractivity contribution is 7.80. The van der Waals surface area contributed by atoms with Gasteiger partial charge in [-0.05, 0) is 72.7 Å². The van der Waals surface area contributed by atoms with E-state index in [1.165, 1.54) is 17.7 Å². The minimum Gasteiger partial charge on any atom is -0.497 e. The molecule has 0 spiro atoms. The molecule has 0 fully saturated rings. The maximum atomic E-state index is 13.7. The van der Waals surface area contributed by atoms with E-state index >= 15 is 0 Å². The van der Waals surface area contributed by atoms with Crippen molar-refractivity contribution >= 4 is 34.6 Å². The third kappa shape index (κ3) is 6.02. The van der Waals surface area contributed by atoms with Crippen LogP contribution >= 0.6 is 12.2 Å². The van der Waals surface area contributed by atoms with E-state index in [1.54, 1.807) is 43.5 Å². The van der Waals surface area contributed by atoms with E-state index in [0.29, 0.717) is 17.3 Å². The highest BCUT2D eigenvalue weighted by atomic mass is 32.1. The van der Waals surface area contributed by atoms with Crippen molar-refractivity contribution in [1.82, 2.24) is 5.32 Å². The highest BCUT2D eigenvalue weighted by Gasteiger charge is 2.10. The van der Waals surface area contributed by atoms with E-state index in [0.717, 1.165) is 17.9 Å². The van der Waals surface area contributed by atoms with Gasteiger partial charge in [-0.3, -0.25) is 4.79 Å². The van der Waals surface area contributed by atoms with E-state index < -0.39 is 11.7 Å². The minimum atomic E-state index is -0.556. The van der Waals surface area contributed by atoms with Crippen molar-refractivity contribution in [2.24, 2.45) is 0 Å². The molecule has 154 valence electrons. The Kier molecular flexibility index (Phi) is 7.34. The summed E-state index contributed by atoms with van der Waals surface area (Å²) in [4.78, 5) is 12.2. The van der Waals surface area contributed by atoms with E-state index in [4.69, 9.17) is 17.0 Å². The number of carbonyl (C=O) groups excluding carboxylic acids is 1. The van der Waals surface area contributed by atoms with Gasteiger partial charge in [-0.2, -0.15) is 0 Å². The molecule has 0 aliphatic heterocycles. The number of methoxy groups -OCH3 is 1. The fourth-order valence-corrected chi connectivity index (χ4v) is 2.99. The largest absolute Gasteiger partial charge is 0.497 e. The average Bonchev–Trinajstić information content (AvgIpc) is 2.76. The zero-order valence-electron chi connectivity index (χ0n) is 16.4. The van der Waals surface area contributed by atoms with Crippen molar-refractivity contribution < 1.29 is 13.9 Å². The molecule has 3 aromatic carbocycles. The topological polar surface area (TPSA) is 62.4 Å². The van der Waals surface area contributed by atoms with Gasteiger partial charge in [0.1, 0.15) is 11.6 Å². The first-order chi connectivity index (χ1) is 14.5. The zero-order chi connectivity index (χ0) is 21.3. The van der Waals surface area contributed by atoms with E-state index in [-0.39, 0.29) is 5.56 Å². The molecule has 5 nitrogen and oxygen atoms in total. The Morgan fingerprint density at radius 2 is 1.57 bits per heavy atom. The van der Waals surface area contributed by atoms with Crippen LogP contribution in [0.25, 0.3) is 0 Å². The third-order valence-electron chi connectivity index (χ3n) is 4.38. The number of hydrogen-bond acceptors (Lipinski definition) is 3. The quantitative estimate of drug-likeness (QED) is 0.484. The Balaban J connectivity index is 1.45. The molecule has 0 bridgehead atoms. The summed E-state index contributed by atoms with van der Waals surface area (Å²) in [5.41, 5.74) is 2.52. The van der Waals surface area contributed by atoms with Crippen LogP contribution in [0.4, 0.5) is 15.8 Å². The van der Waals surface area contributed by atoms with Crippen LogP contribution in [-0.4, -0.2) is 24.7 Å². The molecule has 0 atom stereocenters. The van der Waals surface area contributed by atoms with E-state index in [9.17, 15) is 9.18 Å². The van der Waals surface area contributed by atoms with Gasteiger partial charge < -0.3 is 20.7 Å². The van der Waals surface area contributed by atoms with Gasteiger partial charge in [-0.15, -0.1) is 0 Å². The van der Waals surface area contributed by atoms with Crippen molar-refractivity contribution in [3.8, 4) is 5.75 Å². The number of benzene rings is 3. The zero-order valence-corrected chi connectivity index (χ0v) is 17.3. The van der Waals surface area contributed by atoms with Crippen molar-refractivity contribution in [1.29, 1.82) is 0 Å². The second kappa shape index (κ2) is 10.4. The minimum absolute atomic E-state index is 0.00180. The molecule has 3 aromatic rings. The van der Waals surface area contributed by atoms with Gasteiger partial charge in [0, 0.05) is 17.9 Å². The number of hydrogen-bond donors (Lipinski definition) is 3. The highest BCUT2D eigenvalue weighted by Crippen LogP contribution is 2.16. The van der Waals surface area contributed by atoms with Crippen LogP contribution in [0, 0.1) is 5.82 Å². The fraction of sp³-hybridized carbons (Fsp3) is 0.130. The summed E-state index contributed by atoms with van der Waals surface area (Å²) in [5, 5.41) is 9.44. The smallest absolute Gasteiger partial charge is 0.258 e. The van der Waals surface area contributed by atoms with Crippen molar-refractivity contribution in [3.05, 3.63) is 89.7 Å². The second-order valence-corrected chi connectivity index (χ2v) is 6.90. The number of carbonyl (C=O) groups is 1. The van der Waals surface area contributed by atoms with Crippen LogP contribution in [0.5, 0.6) is 5.75 Å². The molecule has 30 heavy (non-hydrogen) atoms. The Bertz CT molecular complexity index is 1010. The summed E-state index contributed by atoms with van der Waals surface area (Å²) in [5.74, 6) is -0.221. The molecule has 7 heteroatoms. The van der Waals surface area contributed by atoms with Gasteiger partial charge in [-0.1, -0.05) is 24.3 Å². The second-order valence-electron chi connectivity index (χ2n) is 6.49. The molecule has 0 aromatic heterocycles. The molecule has 0 saturated carbocycles. The first-order valence-corrected chi connectivity index (χ1v) is 9.80. The van der Waals surface area contributed by atoms with Gasteiger partial charge in [0.15, 0.2) is 5.11 Å². The molecule has 0 aliphatic carbocycles. The third-order valence-corrected chi connectivity index (χ3v) is 4.62. The van der Waals surface area contributed by atoms with Gasteiger partial charge in [-0.25, -0.2) is 4.39 Å². The van der Waals surface area contributed by atoms with Crippen molar-refractivity contribution in [2.75, 3.05) is 24.3 Å². The summed E-state index contributed by atoms with van der Waals surface area (Å²) in [6.07, 6.45) is 0.826. The molecule has 0 heterocycles. The average molecular weight is 424 g/mol. The Hall–Kier alpha value is -3.45. The number of nitrogens with one attached hydrogen (secondary N) is 3. The molecular formula is C23H22FN3O2S. The predicted molar refractivity (Wildman–Crippen MR) is 122 cm³/mol. The Labute approximate surface area is 180 Å². The maximum absolute atomic E-state index is 13.7. The van der Waals surface area contributed by atoms with E-state index in [1.807, 2.05) is 24.3 Å².